The van der Waals surface area contributed by atoms with Crippen LogP contribution in [0.25, 0.3) is 11.1 Å². The minimum atomic E-state index is -0.737. The molecule has 0 unspecified atom stereocenters. The number of benzene rings is 3. The number of fused-ring (bicyclic) bond motifs is 3. The first kappa shape index (κ1) is 19.6. The van der Waals surface area contributed by atoms with Crippen LogP contribution in [0.2, 0.25) is 0 Å². The first-order valence-corrected chi connectivity index (χ1v) is 8.80. The van der Waals surface area contributed by atoms with Gasteiger partial charge in [-0.2, -0.15) is 0 Å². The quantitative estimate of drug-likeness (QED) is 0.339. The van der Waals surface area contributed by atoms with E-state index in [9.17, 15) is 30.3 Å². The Morgan fingerprint density at radius 1 is 0.774 bits per heavy atom. The topological polar surface area (TPSA) is 151 Å². The molecule has 0 atom stereocenters. The van der Waals surface area contributed by atoms with Crippen LogP contribution in [0, 0.1) is 30.3 Å². The molecule has 0 fully saturated rings. The zero-order valence-corrected chi connectivity index (χ0v) is 15.8. The number of methoxy groups -OCH3 is 1. The first-order chi connectivity index (χ1) is 14.8. The summed E-state index contributed by atoms with van der Waals surface area (Å²) in [6.45, 7) is 0. The molecule has 0 aliphatic heterocycles. The highest BCUT2D eigenvalue weighted by atomic mass is 16.6. The van der Waals surface area contributed by atoms with Crippen LogP contribution in [0.5, 0.6) is 5.75 Å². The van der Waals surface area contributed by atoms with E-state index in [2.05, 4.69) is 4.99 Å². The summed E-state index contributed by atoms with van der Waals surface area (Å²) in [5.74, 6) is 0.398. The highest BCUT2D eigenvalue weighted by molar-refractivity contribution is 6.27. The van der Waals surface area contributed by atoms with E-state index in [1.165, 1.54) is 31.4 Å². The molecule has 0 saturated heterocycles. The number of nitro groups is 3. The number of non-ortho nitro benzene ring substituents is 2. The zero-order valence-electron chi connectivity index (χ0n) is 15.8. The molecule has 0 spiro atoms. The van der Waals surface area contributed by atoms with Gasteiger partial charge in [0.1, 0.15) is 11.4 Å². The monoisotopic (exact) mass is 420 g/mol. The van der Waals surface area contributed by atoms with E-state index in [4.69, 9.17) is 4.74 Å². The minimum Gasteiger partial charge on any atom is -0.494 e. The van der Waals surface area contributed by atoms with E-state index in [1.807, 2.05) is 0 Å². The van der Waals surface area contributed by atoms with Gasteiger partial charge in [-0.25, -0.2) is 4.99 Å². The normalized spacial score (nSPS) is 12.9. The van der Waals surface area contributed by atoms with Crippen LogP contribution in [-0.2, 0) is 0 Å². The average molecular weight is 420 g/mol. The number of para-hydroxylation sites is 2. The van der Waals surface area contributed by atoms with Gasteiger partial charge in [0.05, 0.1) is 39.2 Å². The summed E-state index contributed by atoms with van der Waals surface area (Å²) in [5, 5.41) is 34.4. The lowest BCUT2D eigenvalue weighted by atomic mass is 10.0. The van der Waals surface area contributed by atoms with Gasteiger partial charge < -0.3 is 4.74 Å². The summed E-state index contributed by atoms with van der Waals surface area (Å²) in [6, 6.07) is 12.6. The van der Waals surface area contributed by atoms with Gasteiger partial charge in [0.15, 0.2) is 0 Å². The van der Waals surface area contributed by atoms with Gasteiger partial charge >= 0.3 is 0 Å². The molecule has 0 saturated carbocycles. The maximum Gasteiger partial charge on any atom is 0.284 e. The lowest BCUT2D eigenvalue weighted by Crippen LogP contribution is -2.02. The fourth-order valence-corrected chi connectivity index (χ4v) is 3.50. The van der Waals surface area contributed by atoms with Crippen LogP contribution in [0.3, 0.4) is 0 Å². The Morgan fingerprint density at radius 2 is 1.45 bits per heavy atom. The van der Waals surface area contributed by atoms with Crippen molar-refractivity contribution in [2.24, 2.45) is 4.99 Å². The molecule has 0 radical (unpaired) electrons. The fourth-order valence-electron chi connectivity index (χ4n) is 3.50. The van der Waals surface area contributed by atoms with Crippen molar-refractivity contribution in [3.8, 4) is 16.9 Å². The second-order valence-electron chi connectivity index (χ2n) is 6.52. The molecule has 0 aromatic heterocycles. The Hall–Kier alpha value is -4.67. The number of aliphatic imine (C=N–C) groups is 1. The Labute approximate surface area is 173 Å². The van der Waals surface area contributed by atoms with Crippen LogP contribution in [-0.4, -0.2) is 27.6 Å². The third-order valence-electron chi connectivity index (χ3n) is 4.82. The third-order valence-corrected chi connectivity index (χ3v) is 4.82. The van der Waals surface area contributed by atoms with Gasteiger partial charge in [-0.3, -0.25) is 30.3 Å². The minimum absolute atomic E-state index is 0.120. The van der Waals surface area contributed by atoms with Crippen LogP contribution in [0.4, 0.5) is 22.7 Å². The predicted octanol–water partition coefficient (Wildman–Crippen LogP) is 4.57. The van der Waals surface area contributed by atoms with Crippen molar-refractivity contribution in [1.29, 1.82) is 0 Å². The molecule has 11 nitrogen and oxygen atoms in total. The lowest BCUT2D eigenvalue weighted by Gasteiger charge is -2.06. The van der Waals surface area contributed by atoms with Crippen molar-refractivity contribution in [1.82, 2.24) is 0 Å². The predicted molar refractivity (Wildman–Crippen MR) is 110 cm³/mol. The average Bonchev–Trinajstić information content (AvgIpc) is 3.06. The van der Waals surface area contributed by atoms with Crippen molar-refractivity contribution >= 4 is 28.5 Å². The smallest absolute Gasteiger partial charge is 0.284 e. The zero-order chi connectivity index (χ0) is 22.3. The SMILES string of the molecule is COc1ccccc1N=C1c2cc([N+](=O)[O-])ccc2-c2c1cc([N+](=O)[O-])cc2[N+](=O)[O-]. The van der Waals surface area contributed by atoms with Gasteiger partial charge in [-0.15, -0.1) is 0 Å². The van der Waals surface area contributed by atoms with Crippen molar-refractivity contribution in [3.05, 3.63) is 96.1 Å². The number of nitrogens with zero attached hydrogens (tertiary/aromatic N) is 4. The first-order valence-electron chi connectivity index (χ1n) is 8.80. The van der Waals surface area contributed by atoms with Crippen molar-refractivity contribution in [3.63, 3.8) is 0 Å². The maximum absolute atomic E-state index is 11.7. The molecule has 0 amide bonds. The molecule has 0 bridgehead atoms. The summed E-state index contributed by atoms with van der Waals surface area (Å²) < 4.78 is 5.29. The highest BCUT2D eigenvalue weighted by Crippen LogP contribution is 2.46. The molecule has 3 aromatic carbocycles. The summed E-state index contributed by atoms with van der Waals surface area (Å²) in [5.41, 5.74) is 0.150. The molecular formula is C20H12N4O7. The van der Waals surface area contributed by atoms with Gasteiger partial charge in [-0.05, 0) is 23.8 Å². The van der Waals surface area contributed by atoms with E-state index in [1.54, 1.807) is 24.3 Å². The molecular weight excluding hydrogens is 408 g/mol. The number of hydrogen-bond donors (Lipinski definition) is 0. The summed E-state index contributed by atoms with van der Waals surface area (Å²) in [4.78, 5) is 36.9. The largest absolute Gasteiger partial charge is 0.494 e. The number of ether oxygens (including phenoxy) is 1. The molecule has 11 heteroatoms. The Kier molecular flexibility index (Phi) is 4.62. The molecule has 31 heavy (non-hydrogen) atoms. The van der Waals surface area contributed by atoms with Gasteiger partial charge in [0.2, 0.25) is 0 Å². The standard InChI is InChI=1S/C20H12N4O7/c1-31-18-5-3-2-4-16(18)21-20-14-8-11(22(25)26)6-7-13(14)19-15(20)9-12(23(27)28)10-17(19)24(29)30/h2-10H,1H3. The molecule has 3 aromatic rings. The van der Waals surface area contributed by atoms with Gasteiger partial charge in [0.25, 0.3) is 17.1 Å². The van der Waals surface area contributed by atoms with E-state index >= 15 is 0 Å². The fraction of sp³-hybridized carbons (Fsp3) is 0.0500. The molecule has 1 aliphatic rings. The molecule has 1 aliphatic carbocycles. The van der Waals surface area contributed by atoms with E-state index < -0.39 is 26.1 Å². The van der Waals surface area contributed by atoms with Gasteiger partial charge in [-0.1, -0.05) is 12.1 Å². The maximum atomic E-state index is 11.7. The Morgan fingerprint density at radius 3 is 2.10 bits per heavy atom. The Balaban J connectivity index is 2.10. The van der Waals surface area contributed by atoms with E-state index in [0.717, 1.165) is 6.07 Å². The number of nitro benzene ring substituents is 3. The molecule has 154 valence electrons. The number of rotatable bonds is 5. The van der Waals surface area contributed by atoms with Gasteiger partial charge in [0, 0.05) is 29.3 Å². The van der Waals surface area contributed by atoms with Crippen molar-refractivity contribution in [2.45, 2.75) is 0 Å². The van der Waals surface area contributed by atoms with Crippen molar-refractivity contribution < 1.29 is 19.5 Å². The van der Waals surface area contributed by atoms with Crippen LogP contribution in [0.15, 0.2) is 59.6 Å². The lowest BCUT2D eigenvalue weighted by molar-refractivity contribution is -0.393. The molecule has 0 N–H and O–H groups in total. The number of hydrogen-bond acceptors (Lipinski definition) is 8. The van der Waals surface area contributed by atoms with Crippen LogP contribution >= 0.6 is 0 Å². The molecule has 0 heterocycles. The van der Waals surface area contributed by atoms with E-state index in [0.29, 0.717) is 17.0 Å². The summed E-state index contributed by atoms with van der Waals surface area (Å²) in [6.07, 6.45) is 0. The Bertz CT molecular complexity index is 1320. The van der Waals surface area contributed by atoms with Crippen LogP contribution < -0.4 is 4.74 Å². The summed E-state index contributed by atoms with van der Waals surface area (Å²) >= 11 is 0. The second kappa shape index (κ2) is 7.30. The second-order valence-corrected chi connectivity index (χ2v) is 6.52. The summed E-state index contributed by atoms with van der Waals surface area (Å²) in [7, 11) is 1.44. The molecule has 4 rings (SSSR count). The van der Waals surface area contributed by atoms with Crippen molar-refractivity contribution in [2.75, 3.05) is 7.11 Å². The van der Waals surface area contributed by atoms with E-state index in [-0.39, 0.29) is 28.1 Å². The van der Waals surface area contributed by atoms with Crippen LogP contribution in [0.1, 0.15) is 11.1 Å². The highest BCUT2D eigenvalue weighted by Gasteiger charge is 2.36. The third kappa shape index (κ3) is 3.23.